The highest BCUT2D eigenvalue weighted by Crippen LogP contribution is 2.36. The van der Waals surface area contributed by atoms with E-state index < -0.39 is 5.06 Å². The molecule has 0 aliphatic heterocycles. The molecule has 2 nitrogen and oxygen atoms in total. The number of ether oxygens (including phenoxy) is 1. The normalized spacial score (nSPS) is 13.5. The van der Waals surface area contributed by atoms with E-state index in [1.165, 1.54) is 0 Å². The van der Waals surface area contributed by atoms with Crippen molar-refractivity contribution in [1.29, 1.82) is 0 Å². The predicted molar refractivity (Wildman–Crippen MR) is 103 cm³/mol. The van der Waals surface area contributed by atoms with Crippen molar-refractivity contribution in [1.82, 2.24) is 0 Å². The molecule has 4 heteroatoms. The number of carbonyl (C=O) groups excluding carboxylic acids is 1. The summed E-state index contributed by atoms with van der Waals surface area (Å²) in [5.41, 5.74) is 1.17. The van der Waals surface area contributed by atoms with Gasteiger partial charge < -0.3 is 4.74 Å². The van der Waals surface area contributed by atoms with Crippen LogP contribution in [-0.4, -0.2) is 12.4 Å². The maximum absolute atomic E-state index is 13.1. The summed E-state index contributed by atoms with van der Waals surface area (Å²) >= 11 is 10.2. The van der Waals surface area contributed by atoms with Gasteiger partial charge in [-0.05, 0) is 12.5 Å². The maximum Gasteiger partial charge on any atom is 0.231 e. The molecule has 0 saturated heterocycles. The first kappa shape index (κ1) is 19.2. The van der Waals surface area contributed by atoms with Crippen LogP contribution < -0.4 is 0 Å². The lowest BCUT2D eigenvalue weighted by Crippen LogP contribution is -2.34. The van der Waals surface area contributed by atoms with Crippen molar-refractivity contribution in [3.05, 3.63) is 70.2 Å². The van der Waals surface area contributed by atoms with E-state index >= 15 is 0 Å². The number of benzene rings is 2. The third-order valence-electron chi connectivity index (χ3n) is 3.85. The molecule has 2 aromatic rings. The summed E-state index contributed by atoms with van der Waals surface area (Å²) in [6.07, 6.45) is 4.27. The van der Waals surface area contributed by atoms with Gasteiger partial charge in [-0.15, -0.1) is 0 Å². The molecular formula is C20H22BrClO2. The number of hydrogen-bond donors (Lipinski definition) is 0. The van der Waals surface area contributed by atoms with Crippen LogP contribution in [0.3, 0.4) is 0 Å². The predicted octanol–water partition coefficient (Wildman–Crippen LogP) is 6.32. The number of halogens is 2. The molecular weight excluding hydrogens is 388 g/mol. The Morgan fingerprint density at radius 1 is 1.04 bits per heavy atom. The number of ketones is 1. The van der Waals surface area contributed by atoms with Gasteiger partial charge in [-0.25, -0.2) is 0 Å². The second-order valence-electron chi connectivity index (χ2n) is 5.68. The summed E-state index contributed by atoms with van der Waals surface area (Å²) < 4.78 is 6.64. The molecule has 0 spiro atoms. The fourth-order valence-corrected chi connectivity index (χ4v) is 3.26. The standard InChI is InChI=1S/C20H22BrClO2/c1-2-3-4-10-15-24-20(22,16-11-6-5-7-12-16)19(23)17-13-8-9-14-18(17)21/h5-9,11-14H,2-4,10,15H2,1H3. The minimum Gasteiger partial charge on any atom is -0.349 e. The Morgan fingerprint density at radius 3 is 2.38 bits per heavy atom. The van der Waals surface area contributed by atoms with Crippen molar-refractivity contribution in [2.24, 2.45) is 0 Å². The Bertz CT molecular complexity index is 660. The summed E-state index contributed by atoms with van der Waals surface area (Å²) in [6, 6.07) is 16.5. The Balaban J connectivity index is 2.26. The average Bonchev–Trinajstić information content (AvgIpc) is 2.62. The van der Waals surface area contributed by atoms with Gasteiger partial charge in [0.25, 0.3) is 0 Å². The summed E-state index contributed by atoms with van der Waals surface area (Å²) in [7, 11) is 0. The minimum absolute atomic E-state index is 0.252. The van der Waals surface area contributed by atoms with Gasteiger partial charge in [0.2, 0.25) is 10.8 Å². The van der Waals surface area contributed by atoms with E-state index in [0.29, 0.717) is 22.2 Å². The zero-order chi connectivity index (χ0) is 17.4. The van der Waals surface area contributed by atoms with Crippen LogP contribution in [0.2, 0.25) is 0 Å². The van der Waals surface area contributed by atoms with Gasteiger partial charge in [0.05, 0.1) is 0 Å². The molecule has 0 aliphatic rings. The van der Waals surface area contributed by atoms with Crippen molar-refractivity contribution in [3.63, 3.8) is 0 Å². The van der Waals surface area contributed by atoms with Crippen LogP contribution in [-0.2, 0) is 9.80 Å². The SMILES string of the molecule is CCCCCCOC(Cl)(C(=O)c1ccccc1Br)c1ccccc1. The Morgan fingerprint density at radius 2 is 1.71 bits per heavy atom. The molecule has 128 valence electrons. The largest absolute Gasteiger partial charge is 0.349 e. The van der Waals surface area contributed by atoms with Crippen molar-refractivity contribution in [3.8, 4) is 0 Å². The zero-order valence-electron chi connectivity index (χ0n) is 13.8. The topological polar surface area (TPSA) is 26.3 Å². The zero-order valence-corrected chi connectivity index (χ0v) is 16.1. The van der Waals surface area contributed by atoms with Gasteiger partial charge in [-0.2, -0.15) is 0 Å². The third kappa shape index (κ3) is 4.69. The van der Waals surface area contributed by atoms with Crippen LogP contribution in [0.4, 0.5) is 0 Å². The van der Waals surface area contributed by atoms with Crippen LogP contribution in [0, 0.1) is 0 Å². The molecule has 2 rings (SSSR count). The molecule has 24 heavy (non-hydrogen) atoms. The second-order valence-corrected chi connectivity index (χ2v) is 7.07. The van der Waals surface area contributed by atoms with E-state index in [-0.39, 0.29) is 5.78 Å². The first-order chi connectivity index (χ1) is 11.6. The Labute approximate surface area is 157 Å². The number of hydrogen-bond acceptors (Lipinski definition) is 2. The van der Waals surface area contributed by atoms with E-state index in [9.17, 15) is 4.79 Å². The van der Waals surface area contributed by atoms with E-state index in [0.717, 1.165) is 25.7 Å². The van der Waals surface area contributed by atoms with Crippen LogP contribution in [0.25, 0.3) is 0 Å². The quantitative estimate of drug-likeness (QED) is 0.275. The number of unbranched alkanes of at least 4 members (excludes halogenated alkanes) is 3. The lowest BCUT2D eigenvalue weighted by atomic mass is 9.99. The smallest absolute Gasteiger partial charge is 0.231 e. The van der Waals surface area contributed by atoms with Crippen LogP contribution in [0.1, 0.15) is 48.5 Å². The van der Waals surface area contributed by atoms with Crippen LogP contribution >= 0.6 is 27.5 Å². The molecule has 1 atom stereocenters. The van der Waals surface area contributed by atoms with Crippen LogP contribution in [0.15, 0.2) is 59.1 Å². The summed E-state index contributed by atoms with van der Waals surface area (Å²) in [4.78, 5) is 13.1. The Kier molecular flexibility index (Phi) is 7.47. The number of Topliss-reactive ketones (excluding diaryl/α,β-unsaturated/α-hetero) is 1. The summed E-state index contributed by atoms with van der Waals surface area (Å²) in [5, 5.41) is -1.50. The molecule has 0 aliphatic carbocycles. The van der Waals surface area contributed by atoms with Gasteiger partial charge in [0.1, 0.15) is 0 Å². The highest BCUT2D eigenvalue weighted by Gasteiger charge is 2.40. The number of alkyl halides is 1. The lowest BCUT2D eigenvalue weighted by molar-refractivity contribution is 0.0170. The number of rotatable bonds is 9. The highest BCUT2D eigenvalue weighted by molar-refractivity contribution is 9.10. The molecule has 0 amide bonds. The monoisotopic (exact) mass is 408 g/mol. The van der Waals surface area contributed by atoms with Crippen LogP contribution in [0.5, 0.6) is 0 Å². The van der Waals surface area contributed by atoms with E-state index in [2.05, 4.69) is 22.9 Å². The van der Waals surface area contributed by atoms with Crippen molar-refractivity contribution in [2.75, 3.05) is 6.61 Å². The first-order valence-corrected chi connectivity index (χ1v) is 9.44. The summed E-state index contributed by atoms with van der Waals surface area (Å²) in [6.45, 7) is 2.61. The van der Waals surface area contributed by atoms with E-state index in [1.807, 2.05) is 48.5 Å². The average molecular weight is 410 g/mol. The Hall–Kier alpha value is -1.16. The lowest BCUT2D eigenvalue weighted by Gasteiger charge is -2.27. The van der Waals surface area contributed by atoms with E-state index in [4.69, 9.17) is 16.3 Å². The molecule has 0 heterocycles. The molecule has 0 saturated carbocycles. The molecule has 0 N–H and O–H groups in total. The van der Waals surface area contributed by atoms with Gasteiger partial charge in [0, 0.05) is 22.2 Å². The molecule has 2 aromatic carbocycles. The molecule has 1 unspecified atom stereocenters. The minimum atomic E-state index is -1.50. The molecule has 0 fully saturated rings. The first-order valence-electron chi connectivity index (χ1n) is 8.27. The van der Waals surface area contributed by atoms with Crippen molar-refractivity contribution < 1.29 is 9.53 Å². The molecule has 0 aromatic heterocycles. The van der Waals surface area contributed by atoms with Gasteiger partial charge >= 0.3 is 0 Å². The maximum atomic E-state index is 13.1. The number of carbonyl (C=O) groups is 1. The van der Waals surface area contributed by atoms with E-state index in [1.54, 1.807) is 6.07 Å². The van der Waals surface area contributed by atoms with Gasteiger partial charge in [0.15, 0.2) is 0 Å². The summed E-state index contributed by atoms with van der Waals surface area (Å²) in [5.74, 6) is -0.252. The molecule has 0 radical (unpaired) electrons. The fraction of sp³-hybridized carbons (Fsp3) is 0.350. The fourth-order valence-electron chi connectivity index (χ4n) is 2.49. The second kappa shape index (κ2) is 9.36. The molecule has 0 bridgehead atoms. The van der Waals surface area contributed by atoms with Gasteiger partial charge in [-0.1, -0.05) is 102 Å². The van der Waals surface area contributed by atoms with Crippen molar-refractivity contribution >= 4 is 33.3 Å². The van der Waals surface area contributed by atoms with Crippen molar-refractivity contribution in [2.45, 2.75) is 37.7 Å². The highest BCUT2D eigenvalue weighted by atomic mass is 79.9. The third-order valence-corrected chi connectivity index (χ3v) is 5.04. The van der Waals surface area contributed by atoms with Gasteiger partial charge in [-0.3, -0.25) is 4.79 Å².